The molecule has 1 aromatic heterocycles. The van der Waals surface area contributed by atoms with Gasteiger partial charge in [0.25, 0.3) is 11.6 Å². The first-order valence-corrected chi connectivity index (χ1v) is 9.79. The van der Waals surface area contributed by atoms with E-state index in [1.54, 1.807) is 16.7 Å². The molecule has 0 radical (unpaired) electrons. The fraction of sp³-hybridized carbons (Fsp3) is 0.190. The van der Waals surface area contributed by atoms with Crippen molar-refractivity contribution in [1.82, 2.24) is 4.57 Å². The monoisotopic (exact) mass is 425 g/mol. The van der Waals surface area contributed by atoms with E-state index in [1.165, 1.54) is 42.7 Å². The van der Waals surface area contributed by atoms with E-state index >= 15 is 0 Å². The Bertz CT molecular complexity index is 1250. The normalized spacial score (nSPS) is 11.9. The lowest BCUT2D eigenvalue weighted by molar-refractivity contribution is -0.384. The number of esters is 1. The van der Waals surface area contributed by atoms with E-state index in [2.05, 4.69) is 4.99 Å². The van der Waals surface area contributed by atoms with Crippen molar-refractivity contribution in [3.63, 3.8) is 0 Å². The van der Waals surface area contributed by atoms with Crippen molar-refractivity contribution in [2.24, 2.45) is 4.99 Å². The van der Waals surface area contributed by atoms with Crippen LogP contribution in [0.5, 0.6) is 0 Å². The number of hydrogen-bond donors (Lipinski definition) is 0. The molecule has 0 saturated heterocycles. The van der Waals surface area contributed by atoms with Gasteiger partial charge < -0.3 is 9.30 Å². The number of methoxy groups -OCH3 is 1. The van der Waals surface area contributed by atoms with Crippen molar-refractivity contribution in [3.05, 3.63) is 74.1 Å². The van der Waals surface area contributed by atoms with Gasteiger partial charge in [0, 0.05) is 18.2 Å². The van der Waals surface area contributed by atoms with Crippen LogP contribution in [-0.2, 0) is 20.9 Å². The van der Waals surface area contributed by atoms with Crippen LogP contribution in [0.2, 0.25) is 0 Å². The number of fused-ring (bicyclic) bond motifs is 1. The van der Waals surface area contributed by atoms with Gasteiger partial charge in [-0.05, 0) is 42.7 Å². The second kappa shape index (κ2) is 8.83. The largest absolute Gasteiger partial charge is 0.468 e. The van der Waals surface area contributed by atoms with Crippen LogP contribution in [0.4, 0.5) is 5.69 Å². The van der Waals surface area contributed by atoms with Crippen LogP contribution in [0.15, 0.2) is 47.5 Å². The van der Waals surface area contributed by atoms with Gasteiger partial charge in [-0.25, -0.2) is 0 Å². The van der Waals surface area contributed by atoms with Gasteiger partial charge in [-0.2, -0.15) is 4.99 Å². The molecule has 8 nitrogen and oxygen atoms in total. The molecule has 154 valence electrons. The molecule has 0 atom stereocenters. The Kier molecular flexibility index (Phi) is 6.22. The zero-order chi connectivity index (χ0) is 21.8. The Balaban J connectivity index is 2.02. The quantitative estimate of drug-likeness (QED) is 0.269. The molecule has 0 aliphatic rings. The Morgan fingerprint density at radius 1 is 1.27 bits per heavy atom. The molecule has 30 heavy (non-hydrogen) atoms. The standard InChI is InChI=1S/C21H19N3O5S/c1-13-9-14(2)20-17(10-13)23(12-19(26)29-3)21(30-20)22-18(25)8-7-15-5-4-6-16(11-15)24(27)28/h4-11H,12H2,1-3H3/b8-7+,22-21?. The highest BCUT2D eigenvalue weighted by atomic mass is 32.1. The SMILES string of the molecule is COC(=O)Cn1c(=NC(=O)/C=C/c2cccc([N+](=O)[O-])c2)sc2c(C)cc(C)cc21. The number of ether oxygens (including phenoxy) is 1. The van der Waals surface area contributed by atoms with Crippen LogP contribution < -0.4 is 4.80 Å². The van der Waals surface area contributed by atoms with Crippen LogP contribution >= 0.6 is 11.3 Å². The summed E-state index contributed by atoms with van der Waals surface area (Å²) in [5.41, 5.74) is 3.30. The van der Waals surface area contributed by atoms with Gasteiger partial charge in [0.15, 0.2) is 4.80 Å². The lowest BCUT2D eigenvalue weighted by Gasteiger charge is -2.05. The summed E-state index contributed by atoms with van der Waals surface area (Å²) in [6.45, 7) is 3.85. The fourth-order valence-corrected chi connectivity index (χ4v) is 4.07. The van der Waals surface area contributed by atoms with Gasteiger partial charge in [0.05, 0.1) is 22.2 Å². The molecule has 0 unspecified atom stereocenters. The van der Waals surface area contributed by atoms with Crippen molar-refractivity contribution in [2.75, 3.05) is 7.11 Å². The van der Waals surface area contributed by atoms with Crippen LogP contribution in [-0.4, -0.2) is 28.5 Å². The van der Waals surface area contributed by atoms with Crippen LogP contribution in [0.1, 0.15) is 16.7 Å². The molecule has 0 aliphatic carbocycles. The van der Waals surface area contributed by atoms with Gasteiger partial charge >= 0.3 is 5.97 Å². The molecule has 0 fully saturated rings. The third-order valence-corrected chi connectivity index (χ3v) is 5.56. The predicted molar refractivity (Wildman–Crippen MR) is 114 cm³/mol. The molecule has 1 heterocycles. The van der Waals surface area contributed by atoms with Gasteiger partial charge in [0.2, 0.25) is 0 Å². The second-order valence-electron chi connectivity index (χ2n) is 6.61. The van der Waals surface area contributed by atoms with Gasteiger partial charge in [-0.3, -0.25) is 19.7 Å². The molecule has 0 spiro atoms. The Labute approximate surface area is 175 Å². The first kappa shape index (κ1) is 21.1. The minimum Gasteiger partial charge on any atom is -0.468 e. The summed E-state index contributed by atoms with van der Waals surface area (Å²) >= 11 is 1.31. The first-order chi connectivity index (χ1) is 14.3. The molecule has 0 N–H and O–H groups in total. The fourth-order valence-electron chi connectivity index (χ4n) is 2.99. The maximum atomic E-state index is 12.4. The Hall–Kier alpha value is -3.59. The maximum absolute atomic E-state index is 12.4. The number of nitro groups is 1. The van der Waals surface area contributed by atoms with Crippen molar-refractivity contribution in [2.45, 2.75) is 20.4 Å². The van der Waals surface area contributed by atoms with Crippen molar-refractivity contribution in [3.8, 4) is 0 Å². The minimum absolute atomic E-state index is 0.0622. The molecular formula is C21H19N3O5S. The summed E-state index contributed by atoms with van der Waals surface area (Å²) in [5, 5.41) is 10.9. The summed E-state index contributed by atoms with van der Waals surface area (Å²) in [6, 6.07) is 9.90. The van der Waals surface area contributed by atoms with E-state index in [0.29, 0.717) is 10.4 Å². The number of thiazole rings is 1. The van der Waals surface area contributed by atoms with Crippen LogP contribution in [0.3, 0.4) is 0 Å². The minimum atomic E-state index is -0.541. The highest BCUT2D eigenvalue weighted by molar-refractivity contribution is 7.16. The molecule has 9 heteroatoms. The van der Waals surface area contributed by atoms with E-state index < -0.39 is 16.8 Å². The van der Waals surface area contributed by atoms with Crippen molar-refractivity contribution in [1.29, 1.82) is 0 Å². The van der Waals surface area contributed by atoms with E-state index in [1.807, 2.05) is 26.0 Å². The average Bonchev–Trinajstić information content (AvgIpc) is 3.03. The summed E-state index contributed by atoms with van der Waals surface area (Å²) < 4.78 is 7.37. The summed E-state index contributed by atoms with van der Waals surface area (Å²) in [6.07, 6.45) is 2.70. The highest BCUT2D eigenvalue weighted by Crippen LogP contribution is 2.23. The van der Waals surface area contributed by atoms with Crippen LogP contribution in [0.25, 0.3) is 16.3 Å². The van der Waals surface area contributed by atoms with Crippen molar-refractivity contribution >= 4 is 45.2 Å². The van der Waals surface area contributed by atoms with Gasteiger partial charge in [0.1, 0.15) is 6.54 Å². The lowest BCUT2D eigenvalue weighted by Crippen LogP contribution is -2.22. The molecule has 3 rings (SSSR count). The number of amides is 1. The number of non-ortho nitro benzene ring substituents is 1. The maximum Gasteiger partial charge on any atom is 0.325 e. The summed E-state index contributed by atoms with van der Waals surface area (Å²) in [5.74, 6) is -0.990. The van der Waals surface area contributed by atoms with E-state index in [-0.39, 0.29) is 12.2 Å². The summed E-state index contributed by atoms with van der Waals surface area (Å²) in [7, 11) is 1.30. The number of aromatic nitrogens is 1. The number of benzene rings is 2. The second-order valence-corrected chi connectivity index (χ2v) is 7.59. The first-order valence-electron chi connectivity index (χ1n) is 8.97. The average molecular weight is 425 g/mol. The molecule has 0 aliphatic heterocycles. The summed E-state index contributed by atoms with van der Waals surface area (Å²) in [4.78, 5) is 39.2. The smallest absolute Gasteiger partial charge is 0.325 e. The Morgan fingerprint density at radius 2 is 2.03 bits per heavy atom. The Morgan fingerprint density at radius 3 is 2.73 bits per heavy atom. The molecule has 1 amide bonds. The molecule has 2 aromatic carbocycles. The topological polar surface area (TPSA) is 104 Å². The zero-order valence-corrected chi connectivity index (χ0v) is 17.4. The van der Waals surface area contributed by atoms with Crippen molar-refractivity contribution < 1.29 is 19.2 Å². The molecular weight excluding hydrogens is 406 g/mol. The predicted octanol–water partition coefficient (Wildman–Crippen LogP) is 3.54. The number of nitrogens with zero attached hydrogens (tertiary/aromatic N) is 3. The number of nitro benzene ring substituents is 1. The third kappa shape index (κ3) is 4.69. The lowest BCUT2D eigenvalue weighted by atomic mass is 10.1. The number of aryl methyl sites for hydroxylation is 2. The third-order valence-electron chi connectivity index (χ3n) is 4.33. The number of carbonyl (C=O) groups excluding carboxylic acids is 2. The molecule has 0 saturated carbocycles. The van der Waals surface area contributed by atoms with Gasteiger partial charge in [-0.1, -0.05) is 29.5 Å². The molecule has 3 aromatic rings. The molecule has 0 bridgehead atoms. The van der Waals surface area contributed by atoms with Crippen LogP contribution in [0, 0.1) is 24.0 Å². The van der Waals surface area contributed by atoms with E-state index in [4.69, 9.17) is 4.74 Å². The number of hydrogen-bond acceptors (Lipinski definition) is 6. The number of carbonyl (C=O) groups is 2. The number of rotatable bonds is 5. The zero-order valence-electron chi connectivity index (χ0n) is 16.6. The van der Waals surface area contributed by atoms with E-state index in [0.717, 1.165) is 21.3 Å². The highest BCUT2D eigenvalue weighted by Gasteiger charge is 2.13. The van der Waals surface area contributed by atoms with E-state index in [9.17, 15) is 19.7 Å². The van der Waals surface area contributed by atoms with Gasteiger partial charge in [-0.15, -0.1) is 0 Å².